The average Bonchev–Trinajstić information content (AvgIpc) is 2.63. The lowest BCUT2D eigenvalue weighted by Gasteiger charge is -2.41. The summed E-state index contributed by atoms with van der Waals surface area (Å²) < 4.78 is 0. The van der Waals surface area contributed by atoms with E-state index in [1.54, 1.807) is 0 Å². The summed E-state index contributed by atoms with van der Waals surface area (Å²) >= 11 is 0. The number of piperidine rings is 2. The molecule has 24 heavy (non-hydrogen) atoms. The van der Waals surface area contributed by atoms with Gasteiger partial charge in [0, 0.05) is 31.7 Å². The first-order valence-corrected chi connectivity index (χ1v) is 10.1. The highest BCUT2D eigenvalue weighted by molar-refractivity contribution is 5.74. The third-order valence-corrected chi connectivity index (χ3v) is 6.38. The number of hydrogen-bond acceptors (Lipinski definition) is 3. The zero-order chi connectivity index (χ0) is 16.9. The SMILES string of the molecule is CC(O)C1CCN(C(=O)NC2CCCN(C3CCCCC3)C2)CC1. The topological polar surface area (TPSA) is 55.8 Å². The largest absolute Gasteiger partial charge is 0.393 e. The van der Waals surface area contributed by atoms with E-state index in [4.69, 9.17) is 0 Å². The molecular weight excluding hydrogens is 302 g/mol. The van der Waals surface area contributed by atoms with Crippen LogP contribution in [0.4, 0.5) is 4.79 Å². The van der Waals surface area contributed by atoms with Crippen LogP contribution in [0, 0.1) is 5.92 Å². The smallest absolute Gasteiger partial charge is 0.317 e. The molecule has 2 atom stereocenters. The van der Waals surface area contributed by atoms with Gasteiger partial charge < -0.3 is 15.3 Å². The van der Waals surface area contributed by atoms with Gasteiger partial charge in [-0.15, -0.1) is 0 Å². The number of nitrogens with zero attached hydrogens (tertiary/aromatic N) is 2. The van der Waals surface area contributed by atoms with Gasteiger partial charge in [0.1, 0.15) is 0 Å². The highest BCUT2D eigenvalue weighted by Crippen LogP contribution is 2.25. The fraction of sp³-hybridized carbons (Fsp3) is 0.947. The molecule has 2 amide bonds. The van der Waals surface area contributed by atoms with Gasteiger partial charge in [-0.3, -0.25) is 4.90 Å². The third kappa shape index (κ3) is 4.63. The van der Waals surface area contributed by atoms with Crippen molar-refractivity contribution in [1.82, 2.24) is 15.1 Å². The lowest BCUT2D eigenvalue weighted by atomic mass is 9.92. The minimum Gasteiger partial charge on any atom is -0.393 e. The molecule has 0 bridgehead atoms. The van der Waals surface area contributed by atoms with Crippen LogP contribution < -0.4 is 5.32 Å². The van der Waals surface area contributed by atoms with E-state index >= 15 is 0 Å². The van der Waals surface area contributed by atoms with Gasteiger partial charge in [-0.2, -0.15) is 0 Å². The molecule has 2 N–H and O–H groups in total. The first-order chi connectivity index (χ1) is 11.6. The van der Waals surface area contributed by atoms with E-state index in [9.17, 15) is 9.90 Å². The zero-order valence-corrected chi connectivity index (χ0v) is 15.3. The van der Waals surface area contributed by atoms with Crippen LogP contribution in [0.2, 0.25) is 0 Å². The van der Waals surface area contributed by atoms with Gasteiger partial charge in [0.15, 0.2) is 0 Å². The van der Waals surface area contributed by atoms with Crippen LogP contribution >= 0.6 is 0 Å². The van der Waals surface area contributed by atoms with E-state index in [1.165, 1.54) is 45.1 Å². The van der Waals surface area contributed by atoms with Crippen LogP contribution in [0.5, 0.6) is 0 Å². The molecule has 0 radical (unpaired) electrons. The second-order valence-corrected chi connectivity index (χ2v) is 8.14. The summed E-state index contributed by atoms with van der Waals surface area (Å²) in [6.07, 6.45) is 10.7. The first kappa shape index (κ1) is 18.0. The standard InChI is InChI=1S/C19H35N3O2/c1-15(23)16-9-12-21(13-10-16)19(24)20-17-6-5-11-22(14-17)18-7-3-2-4-8-18/h15-18,23H,2-14H2,1H3,(H,20,24). The molecule has 2 heterocycles. The molecule has 2 aliphatic heterocycles. The van der Waals surface area contributed by atoms with E-state index in [0.29, 0.717) is 12.0 Å². The van der Waals surface area contributed by atoms with Gasteiger partial charge in [-0.25, -0.2) is 4.79 Å². The maximum absolute atomic E-state index is 12.6. The van der Waals surface area contributed by atoms with Crippen molar-refractivity contribution in [3.05, 3.63) is 0 Å². The van der Waals surface area contributed by atoms with Crippen LogP contribution in [-0.2, 0) is 0 Å². The summed E-state index contributed by atoms with van der Waals surface area (Å²) in [4.78, 5) is 17.1. The predicted molar refractivity (Wildman–Crippen MR) is 96.0 cm³/mol. The number of hydrogen-bond donors (Lipinski definition) is 2. The number of aliphatic hydroxyl groups is 1. The molecule has 3 aliphatic rings. The Morgan fingerprint density at radius 3 is 2.38 bits per heavy atom. The van der Waals surface area contributed by atoms with E-state index in [-0.39, 0.29) is 12.1 Å². The molecule has 0 aromatic heterocycles. The van der Waals surface area contributed by atoms with Crippen molar-refractivity contribution >= 4 is 6.03 Å². The molecule has 1 aliphatic carbocycles. The van der Waals surface area contributed by atoms with Gasteiger partial charge in [-0.1, -0.05) is 19.3 Å². The minimum atomic E-state index is -0.252. The number of rotatable bonds is 3. The molecule has 138 valence electrons. The summed E-state index contributed by atoms with van der Waals surface area (Å²) in [5, 5.41) is 13.0. The summed E-state index contributed by atoms with van der Waals surface area (Å²) in [5.74, 6) is 0.352. The Hall–Kier alpha value is -0.810. The normalized spacial score (nSPS) is 29.4. The van der Waals surface area contributed by atoms with Gasteiger partial charge in [0.2, 0.25) is 0 Å². The average molecular weight is 338 g/mol. The molecule has 0 spiro atoms. The Balaban J connectivity index is 1.44. The van der Waals surface area contributed by atoms with E-state index in [1.807, 2.05) is 11.8 Å². The predicted octanol–water partition coefficient (Wildman–Crippen LogP) is 2.59. The maximum Gasteiger partial charge on any atom is 0.317 e. The lowest BCUT2D eigenvalue weighted by Crippen LogP contribution is -2.55. The van der Waals surface area contributed by atoms with Crippen LogP contribution in [0.3, 0.4) is 0 Å². The molecule has 0 aromatic rings. The molecule has 1 saturated carbocycles. The third-order valence-electron chi connectivity index (χ3n) is 6.38. The van der Waals surface area contributed by atoms with Crippen molar-refractivity contribution in [2.24, 2.45) is 5.92 Å². The number of carbonyl (C=O) groups excluding carboxylic acids is 1. The van der Waals surface area contributed by atoms with E-state index in [2.05, 4.69) is 10.2 Å². The zero-order valence-electron chi connectivity index (χ0n) is 15.3. The Labute approximate surface area is 146 Å². The highest BCUT2D eigenvalue weighted by atomic mass is 16.3. The van der Waals surface area contributed by atoms with Crippen LogP contribution in [0.1, 0.15) is 64.7 Å². The van der Waals surface area contributed by atoms with Crippen molar-refractivity contribution < 1.29 is 9.90 Å². The Morgan fingerprint density at radius 2 is 1.71 bits per heavy atom. The molecule has 3 fully saturated rings. The molecule has 5 nitrogen and oxygen atoms in total. The van der Waals surface area contributed by atoms with Gasteiger partial charge in [0.25, 0.3) is 0 Å². The number of aliphatic hydroxyl groups excluding tert-OH is 1. The quantitative estimate of drug-likeness (QED) is 0.832. The van der Waals surface area contributed by atoms with Gasteiger partial charge in [-0.05, 0) is 57.9 Å². The summed E-state index contributed by atoms with van der Waals surface area (Å²) in [5.41, 5.74) is 0. The summed E-state index contributed by atoms with van der Waals surface area (Å²) in [6.45, 7) is 5.65. The second kappa shape index (κ2) is 8.52. The number of nitrogens with one attached hydrogen (secondary N) is 1. The van der Waals surface area contributed by atoms with Crippen molar-refractivity contribution in [1.29, 1.82) is 0 Å². The van der Waals surface area contributed by atoms with E-state index < -0.39 is 0 Å². The molecule has 0 aromatic carbocycles. The van der Waals surface area contributed by atoms with E-state index in [0.717, 1.165) is 44.9 Å². The summed E-state index contributed by atoms with van der Waals surface area (Å²) in [6, 6.07) is 1.16. The Kier molecular flexibility index (Phi) is 6.39. The molecule has 2 unspecified atom stereocenters. The maximum atomic E-state index is 12.6. The van der Waals surface area contributed by atoms with Gasteiger partial charge in [0.05, 0.1) is 6.10 Å². The fourth-order valence-electron chi connectivity index (χ4n) is 4.75. The van der Waals surface area contributed by atoms with Crippen LogP contribution in [0.25, 0.3) is 0 Å². The number of carbonyl (C=O) groups is 1. The van der Waals surface area contributed by atoms with Crippen molar-refractivity contribution in [3.63, 3.8) is 0 Å². The van der Waals surface area contributed by atoms with Crippen molar-refractivity contribution in [2.75, 3.05) is 26.2 Å². The Morgan fingerprint density at radius 1 is 1.00 bits per heavy atom. The van der Waals surface area contributed by atoms with Crippen molar-refractivity contribution in [3.8, 4) is 0 Å². The number of likely N-dealkylation sites (tertiary alicyclic amines) is 2. The van der Waals surface area contributed by atoms with Gasteiger partial charge >= 0.3 is 6.03 Å². The molecule has 2 saturated heterocycles. The molecule has 3 rings (SSSR count). The number of amides is 2. The Bertz CT molecular complexity index is 401. The second-order valence-electron chi connectivity index (χ2n) is 8.14. The fourth-order valence-corrected chi connectivity index (χ4v) is 4.75. The minimum absolute atomic E-state index is 0.106. The lowest BCUT2D eigenvalue weighted by molar-refractivity contribution is 0.0763. The molecule has 5 heteroatoms. The van der Waals surface area contributed by atoms with Crippen LogP contribution in [0.15, 0.2) is 0 Å². The van der Waals surface area contributed by atoms with Crippen LogP contribution in [-0.4, -0.2) is 65.3 Å². The molecular formula is C19H35N3O2. The first-order valence-electron chi connectivity index (χ1n) is 10.1. The monoisotopic (exact) mass is 337 g/mol. The summed E-state index contributed by atoms with van der Waals surface area (Å²) in [7, 11) is 0. The van der Waals surface area contributed by atoms with Crippen molar-refractivity contribution in [2.45, 2.75) is 82.9 Å². The number of urea groups is 1. The highest BCUT2D eigenvalue weighted by Gasteiger charge is 2.30.